The van der Waals surface area contributed by atoms with Crippen LogP contribution < -0.4 is 0 Å². The van der Waals surface area contributed by atoms with E-state index in [4.69, 9.17) is 5.53 Å². The Labute approximate surface area is 75.4 Å². The SMILES string of the molecule is CCCCCS(=O)CCN=[N+]=[N-]. The largest absolute Gasteiger partial charge is 0.260 e. The van der Waals surface area contributed by atoms with E-state index in [0.717, 1.165) is 25.0 Å². The molecule has 0 N–H and O–H groups in total. The Morgan fingerprint density at radius 1 is 1.42 bits per heavy atom. The van der Waals surface area contributed by atoms with Gasteiger partial charge in [-0.15, -0.1) is 0 Å². The van der Waals surface area contributed by atoms with Crippen LogP contribution in [0.1, 0.15) is 26.2 Å². The zero-order valence-electron chi connectivity index (χ0n) is 7.40. The van der Waals surface area contributed by atoms with Gasteiger partial charge in [0.1, 0.15) is 0 Å². The topological polar surface area (TPSA) is 65.8 Å². The highest BCUT2D eigenvalue weighted by atomic mass is 32.2. The first-order valence-electron chi connectivity index (χ1n) is 4.17. The van der Waals surface area contributed by atoms with Gasteiger partial charge in [0.25, 0.3) is 0 Å². The standard InChI is InChI=1S/C7H15N3OS/c1-2-3-4-6-12(11)7-5-9-10-8/h2-7H2,1H3. The molecule has 0 rings (SSSR count). The van der Waals surface area contributed by atoms with E-state index >= 15 is 0 Å². The highest BCUT2D eigenvalue weighted by Crippen LogP contribution is 1.96. The van der Waals surface area contributed by atoms with Crippen molar-refractivity contribution in [2.24, 2.45) is 5.11 Å². The highest BCUT2D eigenvalue weighted by molar-refractivity contribution is 7.84. The maximum Gasteiger partial charge on any atom is 0.0373 e. The zero-order valence-corrected chi connectivity index (χ0v) is 8.22. The van der Waals surface area contributed by atoms with Gasteiger partial charge in [-0.3, -0.25) is 4.21 Å². The molecule has 0 amide bonds. The Bertz CT molecular complexity index is 177. The Kier molecular flexibility index (Phi) is 8.17. The lowest BCUT2D eigenvalue weighted by Gasteiger charge is -1.97. The molecule has 5 heteroatoms. The third-order valence-electron chi connectivity index (χ3n) is 1.46. The first-order chi connectivity index (χ1) is 5.81. The predicted octanol–water partition coefficient (Wildman–Crippen LogP) is 2.24. The number of nitrogens with zero attached hydrogens (tertiary/aromatic N) is 3. The number of unbranched alkanes of at least 4 members (excludes halogenated alkanes) is 2. The summed E-state index contributed by atoms with van der Waals surface area (Å²) in [5.41, 5.74) is 7.95. The van der Waals surface area contributed by atoms with E-state index in [1.54, 1.807) is 0 Å². The second-order valence-corrected chi connectivity index (χ2v) is 4.21. The first kappa shape index (κ1) is 11.5. The maximum atomic E-state index is 11.1. The van der Waals surface area contributed by atoms with E-state index in [9.17, 15) is 4.21 Å². The number of azide groups is 1. The Morgan fingerprint density at radius 2 is 2.17 bits per heavy atom. The van der Waals surface area contributed by atoms with E-state index in [2.05, 4.69) is 16.9 Å². The average molecular weight is 189 g/mol. The van der Waals surface area contributed by atoms with Crippen molar-refractivity contribution in [3.63, 3.8) is 0 Å². The Morgan fingerprint density at radius 3 is 2.75 bits per heavy atom. The minimum atomic E-state index is -0.788. The molecule has 0 fully saturated rings. The van der Waals surface area contributed by atoms with Crippen LogP contribution in [-0.2, 0) is 10.8 Å². The van der Waals surface area contributed by atoms with E-state index in [-0.39, 0.29) is 0 Å². The summed E-state index contributed by atoms with van der Waals surface area (Å²) in [6.07, 6.45) is 3.29. The molecule has 0 saturated carbocycles. The summed E-state index contributed by atoms with van der Waals surface area (Å²) in [4.78, 5) is 2.59. The number of hydrogen-bond donors (Lipinski definition) is 0. The van der Waals surface area contributed by atoms with Gasteiger partial charge < -0.3 is 0 Å². The van der Waals surface area contributed by atoms with Crippen molar-refractivity contribution in [2.75, 3.05) is 18.1 Å². The van der Waals surface area contributed by atoms with Crippen LogP contribution in [0.3, 0.4) is 0 Å². The van der Waals surface area contributed by atoms with Crippen LogP contribution in [0.2, 0.25) is 0 Å². The molecular formula is C7H15N3OS. The molecule has 12 heavy (non-hydrogen) atoms. The fourth-order valence-corrected chi connectivity index (χ4v) is 1.82. The fourth-order valence-electron chi connectivity index (χ4n) is 0.802. The monoisotopic (exact) mass is 189 g/mol. The van der Waals surface area contributed by atoms with Crippen LogP contribution in [0.4, 0.5) is 0 Å². The highest BCUT2D eigenvalue weighted by Gasteiger charge is 1.97. The van der Waals surface area contributed by atoms with Crippen LogP contribution in [-0.4, -0.2) is 22.3 Å². The van der Waals surface area contributed by atoms with Gasteiger partial charge in [-0.2, -0.15) is 0 Å². The van der Waals surface area contributed by atoms with E-state index in [1.807, 2.05) is 0 Å². The fraction of sp³-hybridized carbons (Fsp3) is 1.00. The molecule has 0 aliphatic rings. The molecule has 0 aromatic rings. The maximum absolute atomic E-state index is 11.1. The molecule has 4 nitrogen and oxygen atoms in total. The summed E-state index contributed by atoms with van der Waals surface area (Å²) in [6.45, 7) is 2.47. The van der Waals surface area contributed by atoms with Gasteiger partial charge in [-0.1, -0.05) is 24.9 Å². The summed E-state index contributed by atoms with van der Waals surface area (Å²) in [5, 5.41) is 3.33. The van der Waals surface area contributed by atoms with E-state index in [0.29, 0.717) is 12.3 Å². The molecular weight excluding hydrogens is 174 g/mol. The molecule has 0 aliphatic carbocycles. The van der Waals surface area contributed by atoms with Crippen LogP contribution in [0.15, 0.2) is 5.11 Å². The van der Waals surface area contributed by atoms with Gasteiger partial charge in [0.2, 0.25) is 0 Å². The molecule has 70 valence electrons. The van der Waals surface area contributed by atoms with E-state index in [1.165, 1.54) is 0 Å². The summed E-state index contributed by atoms with van der Waals surface area (Å²) >= 11 is 0. The normalized spacial score (nSPS) is 12.1. The Balaban J connectivity index is 3.27. The summed E-state index contributed by atoms with van der Waals surface area (Å²) in [7, 11) is -0.788. The molecule has 0 spiro atoms. The number of hydrogen-bond acceptors (Lipinski definition) is 2. The van der Waals surface area contributed by atoms with Gasteiger partial charge in [-0.25, -0.2) is 0 Å². The van der Waals surface area contributed by atoms with Gasteiger partial charge in [0.15, 0.2) is 0 Å². The van der Waals surface area contributed by atoms with Crippen LogP contribution in [0, 0.1) is 0 Å². The van der Waals surface area contributed by atoms with Crippen molar-refractivity contribution in [2.45, 2.75) is 26.2 Å². The molecule has 1 unspecified atom stereocenters. The molecule has 0 saturated heterocycles. The minimum absolute atomic E-state index is 0.356. The molecule has 0 bridgehead atoms. The third-order valence-corrected chi connectivity index (χ3v) is 2.84. The van der Waals surface area contributed by atoms with Crippen LogP contribution in [0.25, 0.3) is 10.4 Å². The van der Waals surface area contributed by atoms with Crippen molar-refractivity contribution in [1.29, 1.82) is 0 Å². The quantitative estimate of drug-likeness (QED) is 0.262. The van der Waals surface area contributed by atoms with Crippen molar-refractivity contribution in [3.05, 3.63) is 10.4 Å². The predicted molar refractivity (Wildman–Crippen MR) is 51.4 cm³/mol. The second-order valence-electron chi connectivity index (χ2n) is 2.51. The molecule has 0 aliphatic heterocycles. The van der Waals surface area contributed by atoms with E-state index < -0.39 is 10.8 Å². The molecule has 1 atom stereocenters. The minimum Gasteiger partial charge on any atom is -0.260 e. The Hall–Kier alpha value is -0.540. The van der Waals surface area contributed by atoms with Gasteiger partial charge >= 0.3 is 0 Å². The van der Waals surface area contributed by atoms with Crippen molar-refractivity contribution in [3.8, 4) is 0 Å². The summed E-state index contributed by atoms with van der Waals surface area (Å²) in [6, 6.07) is 0. The summed E-state index contributed by atoms with van der Waals surface area (Å²) in [5.74, 6) is 1.25. The van der Waals surface area contributed by atoms with Crippen molar-refractivity contribution < 1.29 is 4.21 Å². The lowest BCUT2D eigenvalue weighted by molar-refractivity contribution is 0.676. The average Bonchev–Trinajstić information content (AvgIpc) is 2.06. The van der Waals surface area contributed by atoms with Gasteiger partial charge in [0, 0.05) is 33.8 Å². The zero-order chi connectivity index (χ0) is 9.23. The summed E-state index contributed by atoms with van der Waals surface area (Å²) < 4.78 is 11.1. The second kappa shape index (κ2) is 8.56. The van der Waals surface area contributed by atoms with Gasteiger partial charge in [0.05, 0.1) is 0 Å². The first-order valence-corrected chi connectivity index (χ1v) is 5.66. The lowest BCUT2D eigenvalue weighted by atomic mass is 10.3. The third kappa shape index (κ3) is 7.57. The molecule has 0 heterocycles. The van der Waals surface area contributed by atoms with Crippen molar-refractivity contribution in [1.82, 2.24) is 0 Å². The lowest BCUT2D eigenvalue weighted by Crippen LogP contribution is -2.04. The van der Waals surface area contributed by atoms with Crippen LogP contribution in [0.5, 0.6) is 0 Å². The molecule has 0 aromatic heterocycles. The van der Waals surface area contributed by atoms with Crippen LogP contribution >= 0.6 is 0 Å². The molecule has 0 aromatic carbocycles. The van der Waals surface area contributed by atoms with Gasteiger partial charge in [-0.05, 0) is 12.0 Å². The number of rotatable bonds is 7. The smallest absolute Gasteiger partial charge is 0.0373 e. The molecule has 0 radical (unpaired) electrons. The van der Waals surface area contributed by atoms with Crippen molar-refractivity contribution >= 4 is 10.8 Å².